The fraction of sp³-hybridized carbons (Fsp3) is 0.308. The molecule has 3 heteroatoms. The van der Waals surface area contributed by atoms with Crippen molar-refractivity contribution in [3.8, 4) is 18.4 Å². The molecule has 0 saturated carbocycles. The molecular weight excluding hydrogens is 203 g/mol. The normalized spacial score (nSPS) is 22.2. The van der Waals surface area contributed by atoms with Crippen LogP contribution in [0.3, 0.4) is 0 Å². The van der Waals surface area contributed by atoms with Gasteiger partial charge in [0.25, 0.3) is 0 Å². The van der Waals surface area contributed by atoms with E-state index >= 15 is 0 Å². The maximum Gasteiger partial charge on any atom is 0.133 e. The summed E-state index contributed by atoms with van der Waals surface area (Å²) in [6, 6.07) is 7.06. The Hall–Kier alpha value is -1.84. The van der Waals surface area contributed by atoms with Crippen molar-refractivity contribution in [1.82, 2.24) is 5.32 Å². The Kier molecular flexibility index (Phi) is 2.64. The molecule has 1 atom stereocenters. The molecule has 2 rings (SSSR count). The summed E-state index contributed by atoms with van der Waals surface area (Å²) in [6.07, 6.45) is 6.32. The molecule has 0 fully saturated rings. The first-order valence-corrected chi connectivity index (χ1v) is 5.11. The van der Waals surface area contributed by atoms with Gasteiger partial charge in [-0.1, -0.05) is 18.1 Å². The van der Waals surface area contributed by atoms with E-state index in [4.69, 9.17) is 6.42 Å². The first-order chi connectivity index (χ1) is 7.73. The van der Waals surface area contributed by atoms with Crippen LogP contribution in [0.5, 0.6) is 0 Å². The SMILES string of the molecule is C#CCNC1(C#N)CCc2c(F)cccc21. The molecule has 0 spiro atoms. The largest absolute Gasteiger partial charge is 0.285 e. The second-order valence-electron chi connectivity index (χ2n) is 3.84. The Balaban J connectivity index is 2.45. The Morgan fingerprint density at radius 2 is 2.38 bits per heavy atom. The number of terminal acetylenes is 1. The number of hydrogen-bond donors (Lipinski definition) is 1. The zero-order valence-corrected chi connectivity index (χ0v) is 8.76. The number of nitrogens with zero attached hydrogens (tertiary/aromatic N) is 1. The van der Waals surface area contributed by atoms with E-state index in [0.29, 0.717) is 24.9 Å². The van der Waals surface area contributed by atoms with E-state index < -0.39 is 5.54 Å². The summed E-state index contributed by atoms with van der Waals surface area (Å²) in [6.45, 7) is 0.309. The highest BCUT2D eigenvalue weighted by Crippen LogP contribution is 2.37. The monoisotopic (exact) mass is 214 g/mol. The highest BCUT2D eigenvalue weighted by molar-refractivity contribution is 5.44. The van der Waals surface area contributed by atoms with Gasteiger partial charge < -0.3 is 0 Å². The van der Waals surface area contributed by atoms with Gasteiger partial charge >= 0.3 is 0 Å². The lowest BCUT2D eigenvalue weighted by atomic mass is 9.93. The third-order valence-electron chi connectivity index (χ3n) is 3.01. The smallest absolute Gasteiger partial charge is 0.133 e. The van der Waals surface area contributed by atoms with Crippen LogP contribution in [0.2, 0.25) is 0 Å². The Morgan fingerprint density at radius 3 is 3.06 bits per heavy atom. The van der Waals surface area contributed by atoms with E-state index in [9.17, 15) is 9.65 Å². The van der Waals surface area contributed by atoms with E-state index in [1.54, 1.807) is 12.1 Å². The van der Waals surface area contributed by atoms with Crippen LogP contribution in [-0.4, -0.2) is 6.54 Å². The highest BCUT2D eigenvalue weighted by atomic mass is 19.1. The van der Waals surface area contributed by atoms with Gasteiger partial charge in [-0.3, -0.25) is 5.32 Å². The minimum Gasteiger partial charge on any atom is -0.285 e. The van der Waals surface area contributed by atoms with Crippen LogP contribution in [0.4, 0.5) is 4.39 Å². The molecule has 1 aromatic carbocycles. The molecule has 1 aliphatic rings. The van der Waals surface area contributed by atoms with Crippen molar-refractivity contribution in [3.63, 3.8) is 0 Å². The van der Waals surface area contributed by atoms with E-state index in [1.807, 2.05) is 0 Å². The van der Waals surface area contributed by atoms with Gasteiger partial charge in [0.1, 0.15) is 11.4 Å². The molecule has 1 unspecified atom stereocenters. The van der Waals surface area contributed by atoms with Gasteiger partial charge in [0.05, 0.1) is 12.6 Å². The number of nitrogens with one attached hydrogen (secondary N) is 1. The van der Waals surface area contributed by atoms with Crippen molar-refractivity contribution in [2.24, 2.45) is 0 Å². The standard InChI is InChI=1S/C13H11FN2/c1-2-8-16-13(9-15)7-6-10-11(13)4-3-5-12(10)14/h1,3-5,16H,6-8H2. The summed E-state index contributed by atoms with van der Waals surface area (Å²) in [7, 11) is 0. The molecule has 0 heterocycles. The maximum atomic E-state index is 13.5. The molecule has 16 heavy (non-hydrogen) atoms. The van der Waals surface area contributed by atoms with E-state index in [-0.39, 0.29) is 5.82 Å². The zero-order chi connectivity index (χ0) is 11.6. The quantitative estimate of drug-likeness (QED) is 0.761. The van der Waals surface area contributed by atoms with Crippen LogP contribution in [-0.2, 0) is 12.0 Å². The number of hydrogen-bond acceptors (Lipinski definition) is 2. The van der Waals surface area contributed by atoms with E-state index in [2.05, 4.69) is 17.3 Å². The molecule has 1 aromatic rings. The van der Waals surface area contributed by atoms with Crippen LogP contribution in [0, 0.1) is 29.5 Å². The highest BCUT2D eigenvalue weighted by Gasteiger charge is 2.39. The topological polar surface area (TPSA) is 35.8 Å². The molecule has 0 radical (unpaired) electrons. The maximum absolute atomic E-state index is 13.5. The predicted octanol–water partition coefficient (Wildman–Crippen LogP) is 1.71. The lowest BCUT2D eigenvalue weighted by Gasteiger charge is -2.22. The van der Waals surface area contributed by atoms with Crippen molar-refractivity contribution in [2.45, 2.75) is 18.4 Å². The summed E-state index contributed by atoms with van der Waals surface area (Å²) >= 11 is 0. The summed E-state index contributed by atoms with van der Waals surface area (Å²) < 4.78 is 13.5. The van der Waals surface area contributed by atoms with Crippen molar-refractivity contribution in [1.29, 1.82) is 5.26 Å². The minimum absolute atomic E-state index is 0.239. The molecule has 0 amide bonds. The summed E-state index contributed by atoms with van der Waals surface area (Å²) in [5, 5.41) is 12.3. The van der Waals surface area contributed by atoms with Crippen LogP contribution in [0.1, 0.15) is 17.5 Å². The van der Waals surface area contributed by atoms with Gasteiger partial charge in [0.15, 0.2) is 0 Å². The zero-order valence-electron chi connectivity index (χ0n) is 8.76. The summed E-state index contributed by atoms with van der Waals surface area (Å²) in [5.74, 6) is 2.20. The average molecular weight is 214 g/mol. The van der Waals surface area contributed by atoms with Crippen molar-refractivity contribution < 1.29 is 4.39 Å². The van der Waals surface area contributed by atoms with Crippen LogP contribution >= 0.6 is 0 Å². The van der Waals surface area contributed by atoms with Gasteiger partial charge in [-0.25, -0.2) is 4.39 Å². The number of nitriles is 1. The van der Waals surface area contributed by atoms with E-state index in [0.717, 1.165) is 5.56 Å². The van der Waals surface area contributed by atoms with Crippen molar-refractivity contribution >= 4 is 0 Å². The van der Waals surface area contributed by atoms with Gasteiger partial charge in [0, 0.05) is 0 Å². The molecule has 0 aromatic heterocycles. The lowest BCUT2D eigenvalue weighted by molar-refractivity contribution is 0.450. The van der Waals surface area contributed by atoms with Crippen molar-refractivity contribution in [2.75, 3.05) is 6.54 Å². The second-order valence-corrected chi connectivity index (χ2v) is 3.84. The molecule has 0 aliphatic heterocycles. The third-order valence-corrected chi connectivity index (χ3v) is 3.01. The lowest BCUT2D eigenvalue weighted by Crippen LogP contribution is -2.39. The number of fused-ring (bicyclic) bond motifs is 1. The third kappa shape index (κ3) is 1.46. The second kappa shape index (κ2) is 3.96. The Morgan fingerprint density at radius 1 is 1.56 bits per heavy atom. The van der Waals surface area contributed by atoms with E-state index in [1.165, 1.54) is 6.07 Å². The summed E-state index contributed by atoms with van der Waals surface area (Å²) in [4.78, 5) is 0. The molecule has 0 saturated heterocycles. The average Bonchev–Trinajstić information content (AvgIpc) is 2.68. The van der Waals surface area contributed by atoms with Crippen LogP contribution in [0.25, 0.3) is 0 Å². The molecule has 2 nitrogen and oxygen atoms in total. The van der Waals surface area contributed by atoms with Gasteiger partial charge in [-0.05, 0) is 30.0 Å². The number of halogens is 1. The number of rotatable bonds is 2. The van der Waals surface area contributed by atoms with Gasteiger partial charge in [0.2, 0.25) is 0 Å². The Labute approximate surface area is 94.1 Å². The first kappa shape index (κ1) is 10.7. The molecule has 80 valence electrons. The predicted molar refractivity (Wildman–Crippen MR) is 58.8 cm³/mol. The summed E-state index contributed by atoms with van der Waals surface area (Å²) in [5.41, 5.74) is 0.544. The number of benzene rings is 1. The molecular formula is C13H11FN2. The first-order valence-electron chi connectivity index (χ1n) is 5.11. The molecule has 1 N–H and O–H groups in total. The molecule has 1 aliphatic carbocycles. The Bertz CT molecular complexity index is 496. The molecule has 0 bridgehead atoms. The van der Waals surface area contributed by atoms with Crippen LogP contribution < -0.4 is 5.32 Å². The van der Waals surface area contributed by atoms with Crippen LogP contribution in [0.15, 0.2) is 18.2 Å². The van der Waals surface area contributed by atoms with Gasteiger partial charge in [-0.15, -0.1) is 6.42 Å². The van der Waals surface area contributed by atoms with Crippen molar-refractivity contribution in [3.05, 3.63) is 35.1 Å². The fourth-order valence-electron chi connectivity index (χ4n) is 2.20. The fourth-order valence-corrected chi connectivity index (χ4v) is 2.20. The van der Waals surface area contributed by atoms with Gasteiger partial charge in [-0.2, -0.15) is 5.26 Å². The minimum atomic E-state index is -0.816.